The summed E-state index contributed by atoms with van der Waals surface area (Å²) >= 11 is 0. The van der Waals surface area contributed by atoms with E-state index in [0.717, 1.165) is 48.3 Å². The maximum atomic E-state index is 13.4. The molecular formula is C31H40N6O4. The minimum atomic E-state index is -0.696. The predicted octanol–water partition coefficient (Wildman–Crippen LogP) is 3.83. The Bertz CT molecular complexity index is 1360. The number of benzene rings is 2. The van der Waals surface area contributed by atoms with E-state index in [-0.39, 0.29) is 24.2 Å². The van der Waals surface area contributed by atoms with Crippen LogP contribution < -0.4 is 25.8 Å². The molecule has 1 unspecified atom stereocenters. The maximum absolute atomic E-state index is 13.4. The van der Waals surface area contributed by atoms with Crippen molar-refractivity contribution < 1.29 is 19.1 Å². The molecule has 41 heavy (non-hydrogen) atoms. The van der Waals surface area contributed by atoms with Crippen molar-refractivity contribution in [1.82, 2.24) is 20.2 Å². The molecule has 4 N–H and O–H groups in total. The zero-order chi connectivity index (χ0) is 29.2. The molecule has 4 rings (SSSR count). The van der Waals surface area contributed by atoms with E-state index >= 15 is 0 Å². The summed E-state index contributed by atoms with van der Waals surface area (Å²) in [6.07, 6.45) is 9.99. The minimum absolute atomic E-state index is 0.0657. The van der Waals surface area contributed by atoms with E-state index in [9.17, 15) is 9.59 Å². The van der Waals surface area contributed by atoms with E-state index in [1.807, 2.05) is 42.0 Å². The van der Waals surface area contributed by atoms with Gasteiger partial charge in [0.1, 0.15) is 11.9 Å². The predicted molar refractivity (Wildman–Crippen MR) is 158 cm³/mol. The number of nitrogens with two attached hydrogens (primary N) is 1. The Kier molecular flexibility index (Phi) is 10.4. The summed E-state index contributed by atoms with van der Waals surface area (Å²) in [7, 11) is 3.10. The van der Waals surface area contributed by atoms with E-state index in [4.69, 9.17) is 15.2 Å². The van der Waals surface area contributed by atoms with Crippen molar-refractivity contribution in [2.24, 2.45) is 16.6 Å². The standard InChI is InChI=1S/C31H40N6O4/c1-21-33-14-15-37(21)25-11-7-10-24(16-25)20-34-30(39)26(17-22-8-5-4-6-9-22)35-31(32)36-29(38)19-23-12-13-27(40-2)28(18-23)41-3/h7,10-16,18,22,26H,4-6,8-9,17,19-20H2,1-3H3,(H,34,39)(H3,32,35,36,38). The van der Waals surface area contributed by atoms with Crippen molar-refractivity contribution in [3.8, 4) is 17.2 Å². The fourth-order valence-corrected chi connectivity index (χ4v) is 5.29. The Morgan fingerprint density at radius 3 is 2.56 bits per heavy atom. The van der Waals surface area contributed by atoms with Crippen molar-refractivity contribution >= 4 is 17.8 Å². The number of carbonyl (C=O) groups excluding carboxylic acids is 2. The number of carbonyl (C=O) groups is 2. The molecule has 0 aliphatic heterocycles. The Hall–Kier alpha value is -4.34. The third kappa shape index (κ3) is 8.33. The van der Waals surface area contributed by atoms with Gasteiger partial charge in [0.25, 0.3) is 0 Å². The molecule has 1 saturated carbocycles. The Balaban J connectivity index is 1.41. The summed E-state index contributed by atoms with van der Waals surface area (Å²) in [5.41, 5.74) is 8.82. The van der Waals surface area contributed by atoms with Crippen LogP contribution in [0, 0.1) is 12.8 Å². The average Bonchev–Trinajstić information content (AvgIpc) is 3.41. The van der Waals surface area contributed by atoms with E-state index < -0.39 is 6.04 Å². The first-order valence-electron chi connectivity index (χ1n) is 14.1. The lowest BCUT2D eigenvalue weighted by atomic mass is 9.84. The van der Waals surface area contributed by atoms with Crippen LogP contribution in [-0.4, -0.2) is 47.6 Å². The number of ether oxygens (including phenoxy) is 2. The van der Waals surface area contributed by atoms with Gasteiger partial charge in [0.05, 0.1) is 20.6 Å². The van der Waals surface area contributed by atoms with Crippen LogP contribution in [0.1, 0.15) is 55.5 Å². The minimum Gasteiger partial charge on any atom is -0.493 e. The second kappa shape index (κ2) is 14.3. The number of guanidine groups is 1. The van der Waals surface area contributed by atoms with Crippen LogP contribution in [0.5, 0.6) is 11.5 Å². The molecule has 10 nitrogen and oxygen atoms in total. The number of aromatic nitrogens is 2. The van der Waals surface area contributed by atoms with Gasteiger partial charge in [-0.15, -0.1) is 0 Å². The van der Waals surface area contributed by atoms with Gasteiger partial charge < -0.3 is 25.1 Å². The van der Waals surface area contributed by atoms with E-state index in [2.05, 4.69) is 20.6 Å². The van der Waals surface area contributed by atoms with Gasteiger partial charge in [0, 0.05) is 24.6 Å². The van der Waals surface area contributed by atoms with E-state index in [0.29, 0.717) is 30.4 Å². The molecule has 2 aromatic carbocycles. The van der Waals surface area contributed by atoms with Crippen molar-refractivity contribution in [3.63, 3.8) is 0 Å². The van der Waals surface area contributed by atoms with Gasteiger partial charge in [-0.3, -0.25) is 14.9 Å². The molecule has 3 aromatic rings. The van der Waals surface area contributed by atoms with Gasteiger partial charge in [0.15, 0.2) is 17.5 Å². The van der Waals surface area contributed by atoms with Gasteiger partial charge in [-0.05, 0) is 54.7 Å². The number of imidazole rings is 1. The Morgan fingerprint density at radius 1 is 1.07 bits per heavy atom. The van der Waals surface area contributed by atoms with Crippen LogP contribution >= 0.6 is 0 Å². The fourth-order valence-electron chi connectivity index (χ4n) is 5.29. The van der Waals surface area contributed by atoms with Crippen LogP contribution in [0.3, 0.4) is 0 Å². The highest BCUT2D eigenvalue weighted by Crippen LogP contribution is 2.29. The van der Waals surface area contributed by atoms with E-state index in [1.54, 1.807) is 38.6 Å². The molecule has 0 bridgehead atoms. The number of amides is 2. The number of hydrogen-bond donors (Lipinski definition) is 3. The summed E-state index contributed by atoms with van der Waals surface area (Å²) in [5, 5.41) is 5.68. The molecule has 1 heterocycles. The van der Waals surface area contributed by atoms with E-state index in [1.165, 1.54) is 6.42 Å². The highest BCUT2D eigenvalue weighted by atomic mass is 16.5. The second-order valence-corrected chi connectivity index (χ2v) is 10.4. The number of nitrogens with one attached hydrogen (secondary N) is 2. The Labute approximate surface area is 241 Å². The van der Waals surface area contributed by atoms with Gasteiger partial charge in [0.2, 0.25) is 11.8 Å². The first kappa shape index (κ1) is 29.6. The Morgan fingerprint density at radius 2 is 1.85 bits per heavy atom. The molecule has 1 fully saturated rings. The summed E-state index contributed by atoms with van der Waals surface area (Å²) in [6.45, 7) is 2.29. The van der Waals surface area contributed by atoms with Gasteiger partial charge in [-0.1, -0.05) is 50.3 Å². The number of aryl methyl sites for hydroxylation is 1. The number of aliphatic imine (C=N–C) groups is 1. The summed E-state index contributed by atoms with van der Waals surface area (Å²) < 4.78 is 12.6. The highest BCUT2D eigenvalue weighted by Gasteiger charge is 2.25. The summed E-state index contributed by atoms with van der Waals surface area (Å²) in [5.74, 6) is 1.79. The molecule has 2 amide bonds. The van der Waals surface area contributed by atoms with Crippen LogP contribution in [0.4, 0.5) is 0 Å². The molecule has 0 radical (unpaired) electrons. The fraction of sp³-hybridized carbons (Fsp3) is 0.419. The molecule has 1 aromatic heterocycles. The lowest BCUT2D eigenvalue weighted by Gasteiger charge is -2.24. The zero-order valence-corrected chi connectivity index (χ0v) is 24.1. The zero-order valence-electron chi connectivity index (χ0n) is 24.1. The van der Waals surface area contributed by atoms with Crippen LogP contribution in [0.2, 0.25) is 0 Å². The molecule has 0 saturated heterocycles. The maximum Gasteiger partial charge on any atom is 0.245 e. The SMILES string of the molecule is COc1ccc(CC(=O)NC(N)=NC(CC2CCCCC2)C(=O)NCc2cccc(-n3ccnc3C)c2)cc1OC. The number of rotatable bonds is 11. The number of hydrogen-bond acceptors (Lipinski definition) is 6. The topological polar surface area (TPSA) is 133 Å². The largest absolute Gasteiger partial charge is 0.493 e. The van der Waals surface area contributed by atoms with Crippen molar-refractivity contribution in [3.05, 3.63) is 71.8 Å². The highest BCUT2D eigenvalue weighted by molar-refractivity contribution is 5.98. The number of methoxy groups -OCH3 is 2. The molecule has 0 spiro atoms. The summed E-state index contributed by atoms with van der Waals surface area (Å²) in [4.78, 5) is 34.9. The first-order chi connectivity index (χ1) is 19.9. The van der Waals surface area contributed by atoms with Crippen molar-refractivity contribution in [1.29, 1.82) is 0 Å². The van der Waals surface area contributed by atoms with Crippen molar-refractivity contribution in [2.75, 3.05) is 14.2 Å². The average molecular weight is 561 g/mol. The molecule has 10 heteroatoms. The van der Waals surface area contributed by atoms with Crippen LogP contribution in [0.15, 0.2) is 59.9 Å². The lowest BCUT2D eigenvalue weighted by Crippen LogP contribution is -2.42. The normalized spacial score (nSPS) is 14.8. The third-order valence-corrected chi connectivity index (χ3v) is 7.44. The number of nitrogens with zero attached hydrogens (tertiary/aromatic N) is 3. The smallest absolute Gasteiger partial charge is 0.245 e. The van der Waals surface area contributed by atoms with Gasteiger partial charge in [-0.25, -0.2) is 9.98 Å². The van der Waals surface area contributed by atoms with Gasteiger partial charge in [-0.2, -0.15) is 0 Å². The molecule has 1 aliphatic carbocycles. The summed E-state index contributed by atoms with van der Waals surface area (Å²) in [6, 6.07) is 12.5. The molecule has 218 valence electrons. The lowest BCUT2D eigenvalue weighted by molar-refractivity contribution is -0.123. The van der Waals surface area contributed by atoms with Crippen LogP contribution in [0.25, 0.3) is 5.69 Å². The molecule has 1 aliphatic rings. The third-order valence-electron chi connectivity index (χ3n) is 7.44. The molecule has 1 atom stereocenters. The first-order valence-corrected chi connectivity index (χ1v) is 14.1. The van der Waals surface area contributed by atoms with Gasteiger partial charge >= 0.3 is 0 Å². The second-order valence-electron chi connectivity index (χ2n) is 10.4. The van der Waals surface area contributed by atoms with Crippen LogP contribution in [-0.2, 0) is 22.6 Å². The quantitative estimate of drug-likeness (QED) is 0.241. The molecular weight excluding hydrogens is 520 g/mol. The monoisotopic (exact) mass is 560 g/mol. The van der Waals surface area contributed by atoms with Crippen molar-refractivity contribution in [2.45, 2.75) is 64.5 Å².